The summed E-state index contributed by atoms with van der Waals surface area (Å²) in [5.41, 5.74) is 2.23. The van der Waals surface area contributed by atoms with Gasteiger partial charge in [0.2, 0.25) is 0 Å². The van der Waals surface area contributed by atoms with Crippen LogP contribution in [0.5, 0.6) is 0 Å². The molecule has 2 aromatic heterocycles. The minimum Gasteiger partial charge on any atom is -0.338 e. The van der Waals surface area contributed by atoms with Gasteiger partial charge >= 0.3 is 0 Å². The molecule has 1 atom stereocenters. The number of hydrogen-bond donors (Lipinski definition) is 0. The number of amides is 1. The van der Waals surface area contributed by atoms with Crippen LogP contribution < -0.4 is 0 Å². The third-order valence-electron chi connectivity index (χ3n) is 3.32. The van der Waals surface area contributed by atoms with Crippen LogP contribution >= 0.6 is 11.3 Å². The molecule has 2 rings (SSSR count). The first-order valence-electron chi connectivity index (χ1n) is 6.30. The molecule has 19 heavy (non-hydrogen) atoms. The van der Waals surface area contributed by atoms with Gasteiger partial charge in [0.1, 0.15) is 0 Å². The van der Waals surface area contributed by atoms with Crippen LogP contribution in [0.25, 0.3) is 0 Å². The highest BCUT2D eigenvalue weighted by molar-refractivity contribution is 7.12. The van der Waals surface area contributed by atoms with Crippen LogP contribution in [0.1, 0.15) is 27.9 Å². The van der Waals surface area contributed by atoms with Gasteiger partial charge in [-0.15, -0.1) is 11.3 Å². The molecule has 0 bridgehead atoms. The first kappa shape index (κ1) is 13.7. The molecule has 0 aliphatic rings. The van der Waals surface area contributed by atoms with Crippen molar-refractivity contribution in [2.45, 2.75) is 26.3 Å². The van der Waals surface area contributed by atoms with Gasteiger partial charge in [0.25, 0.3) is 5.91 Å². The van der Waals surface area contributed by atoms with Crippen LogP contribution in [-0.2, 0) is 6.42 Å². The predicted octanol–water partition coefficient (Wildman–Crippen LogP) is 3.15. The fourth-order valence-electron chi connectivity index (χ4n) is 1.92. The van der Waals surface area contributed by atoms with Gasteiger partial charge in [-0.3, -0.25) is 9.78 Å². The smallest absolute Gasteiger partial charge is 0.263 e. The molecule has 0 unspecified atom stereocenters. The second-order valence-corrected chi connectivity index (χ2v) is 5.66. The average Bonchev–Trinajstić information content (AvgIpc) is 2.93. The van der Waals surface area contributed by atoms with Crippen LogP contribution in [0.4, 0.5) is 0 Å². The van der Waals surface area contributed by atoms with Gasteiger partial charge in [0, 0.05) is 31.4 Å². The maximum atomic E-state index is 12.2. The highest BCUT2D eigenvalue weighted by atomic mass is 32.1. The molecular weight excluding hydrogens is 256 g/mol. The largest absolute Gasteiger partial charge is 0.338 e. The molecule has 0 aromatic carbocycles. The number of aromatic nitrogens is 1. The van der Waals surface area contributed by atoms with E-state index in [-0.39, 0.29) is 11.9 Å². The summed E-state index contributed by atoms with van der Waals surface area (Å²) >= 11 is 1.48. The number of rotatable bonds is 4. The normalized spacial score (nSPS) is 12.2. The summed E-state index contributed by atoms with van der Waals surface area (Å²) in [5, 5.41) is 1.93. The molecule has 0 N–H and O–H groups in total. The van der Waals surface area contributed by atoms with Crippen LogP contribution in [0.2, 0.25) is 0 Å². The maximum absolute atomic E-state index is 12.2. The van der Waals surface area contributed by atoms with Gasteiger partial charge in [-0.05, 0) is 36.9 Å². The zero-order valence-corrected chi connectivity index (χ0v) is 12.3. The van der Waals surface area contributed by atoms with Crippen molar-refractivity contribution in [2.75, 3.05) is 7.05 Å². The Morgan fingerprint density at radius 2 is 2.21 bits per heavy atom. The highest BCUT2D eigenvalue weighted by Gasteiger charge is 2.19. The van der Waals surface area contributed by atoms with Crippen LogP contribution in [-0.4, -0.2) is 28.9 Å². The lowest BCUT2D eigenvalue weighted by atomic mass is 10.1. The topological polar surface area (TPSA) is 33.2 Å². The van der Waals surface area contributed by atoms with E-state index in [1.54, 1.807) is 11.1 Å². The summed E-state index contributed by atoms with van der Waals surface area (Å²) in [6, 6.07) is 7.88. The lowest BCUT2D eigenvalue weighted by molar-refractivity contribution is 0.0747. The van der Waals surface area contributed by atoms with Gasteiger partial charge < -0.3 is 4.90 Å². The van der Waals surface area contributed by atoms with Crippen molar-refractivity contribution in [3.05, 3.63) is 52.0 Å². The second kappa shape index (κ2) is 5.97. The third-order valence-corrected chi connectivity index (χ3v) is 4.18. The van der Waals surface area contributed by atoms with Gasteiger partial charge in [-0.2, -0.15) is 0 Å². The SMILES string of the molecule is Cc1cccnc1C[C@H](C)N(C)C(=O)c1cccs1. The number of aryl methyl sites for hydroxylation is 1. The molecule has 100 valence electrons. The van der Waals surface area contributed by atoms with E-state index in [0.29, 0.717) is 0 Å². The Morgan fingerprint density at radius 3 is 2.84 bits per heavy atom. The van der Waals surface area contributed by atoms with Crippen molar-refractivity contribution in [1.29, 1.82) is 0 Å². The first-order chi connectivity index (χ1) is 9.09. The maximum Gasteiger partial charge on any atom is 0.263 e. The Hall–Kier alpha value is -1.68. The van der Waals surface area contributed by atoms with E-state index in [1.807, 2.05) is 30.6 Å². The molecule has 2 aromatic rings. The number of likely N-dealkylation sites (N-methyl/N-ethyl adjacent to an activating group) is 1. The summed E-state index contributed by atoms with van der Waals surface area (Å²) in [4.78, 5) is 19.2. The van der Waals surface area contributed by atoms with Crippen LogP contribution in [0, 0.1) is 6.92 Å². The molecule has 2 heterocycles. The van der Waals surface area contributed by atoms with E-state index >= 15 is 0 Å². The van der Waals surface area contributed by atoms with Crippen molar-refractivity contribution >= 4 is 17.2 Å². The minimum atomic E-state index is 0.0797. The summed E-state index contributed by atoms with van der Waals surface area (Å²) in [5.74, 6) is 0.0797. The molecule has 0 saturated heterocycles. The number of carbonyl (C=O) groups is 1. The Labute approximate surface area is 117 Å². The lowest BCUT2D eigenvalue weighted by Crippen LogP contribution is -2.36. The third kappa shape index (κ3) is 3.20. The molecule has 0 spiro atoms. The van der Waals surface area contributed by atoms with Gasteiger partial charge in [-0.25, -0.2) is 0 Å². The van der Waals surface area contributed by atoms with Crippen molar-refractivity contribution < 1.29 is 4.79 Å². The number of pyridine rings is 1. The molecule has 0 fully saturated rings. The van der Waals surface area contributed by atoms with Gasteiger partial charge in [0.15, 0.2) is 0 Å². The fourth-order valence-corrected chi connectivity index (χ4v) is 2.63. The monoisotopic (exact) mass is 274 g/mol. The standard InChI is InChI=1S/C15H18N2OS/c1-11-6-4-8-16-13(11)10-12(2)17(3)15(18)14-7-5-9-19-14/h4-9,12H,10H2,1-3H3/t12-/m0/s1. The molecule has 1 amide bonds. The molecule has 0 radical (unpaired) electrons. The van der Waals surface area contributed by atoms with Crippen molar-refractivity contribution in [2.24, 2.45) is 0 Å². The summed E-state index contributed by atoms with van der Waals surface area (Å²) in [7, 11) is 1.85. The van der Waals surface area contributed by atoms with E-state index in [9.17, 15) is 4.79 Å². The molecule has 4 heteroatoms. The Morgan fingerprint density at radius 1 is 1.42 bits per heavy atom. The number of hydrogen-bond acceptors (Lipinski definition) is 3. The first-order valence-corrected chi connectivity index (χ1v) is 7.18. The van der Waals surface area contributed by atoms with Crippen molar-refractivity contribution in [1.82, 2.24) is 9.88 Å². The predicted molar refractivity (Wildman–Crippen MR) is 78.6 cm³/mol. The Kier molecular flexibility index (Phi) is 4.32. The van der Waals surface area contributed by atoms with E-state index in [2.05, 4.69) is 24.9 Å². The Bertz CT molecular complexity index is 551. The zero-order valence-electron chi connectivity index (χ0n) is 11.5. The number of carbonyl (C=O) groups excluding carboxylic acids is 1. The summed E-state index contributed by atoms with van der Waals surface area (Å²) in [6.07, 6.45) is 2.58. The van der Waals surface area contributed by atoms with E-state index in [0.717, 1.165) is 17.0 Å². The highest BCUT2D eigenvalue weighted by Crippen LogP contribution is 2.15. The molecular formula is C15H18N2OS. The van der Waals surface area contributed by atoms with Gasteiger partial charge in [-0.1, -0.05) is 12.1 Å². The summed E-state index contributed by atoms with van der Waals surface area (Å²) in [6.45, 7) is 4.11. The van der Waals surface area contributed by atoms with Crippen LogP contribution in [0.15, 0.2) is 35.8 Å². The van der Waals surface area contributed by atoms with E-state index < -0.39 is 0 Å². The minimum absolute atomic E-state index is 0.0797. The lowest BCUT2D eigenvalue weighted by Gasteiger charge is -2.24. The average molecular weight is 274 g/mol. The number of nitrogens with zero attached hydrogens (tertiary/aromatic N) is 2. The second-order valence-electron chi connectivity index (χ2n) is 4.71. The number of thiophene rings is 1. The van der Waals surface area contributed by atoms with Crippen molar-refractivity contribution in [3.63, 3.8) is 0 Å². The molecule has 0 saturated carbocycles. The fraction of sp³-hybridized carbons (Fsp3) is 0.333. The Balaban J connectivity index is 2.06. The summed E-state index contributed by atoms with van der Waals surface area (Å²) < 4.78 is 0. The van der Waals surface area contributed by atoms with Crippen molar-refractivity contribution in [3.8, 4) is 0 Å². The van der Waals surface area contributed by atoms with E-state index in [1.165, 1.54) is 16.9 Å². The van der Waals surface area contributed by atoms with Crippen LogP contribution in [0.3, 0.4) is 0 Å². The molecule has 0 aliphatic heterocycles. The zero-order chi connectivity index (χ0) is 13.8. The van der Waals surface area contributed by atoms with Gasteiger partial charge in [0.05, 0.1) is 4.88 Å². The quantitative estimate of drug-likeness (QED) is 0.858. The molecule has 3 nitrogen and oxygen atoms in total. The van der Waals surface area contributed by atoms with E-state index in [4.69, 9.17) is 0 Å². The molecule has 0 aliphatic carbocycles.